The van der Waals surface area contributed by atoms with E-state index in [1.54, 1.807) is 0 Å². The summed E-state index contributed by atoms with van der Waals surface area (Å²) in [5.41, 5.74) is 5.39. The van der Waals surface area contributed by atoms with E-state index in [0.717, 1.165) is 61.7 Å². The van der Waals surface area contributed by atoms with Gasteiger partial charge in [0.1, 0.15) is 5.69 Å². The molecule has 0 radical (unpaired) electrons. The second kappa shape index (κ2) is 10.3. The van der Waals surface area contributed by atoms with Gasteiger partial charge in [-0.1, -0.05) is 59.8 Å². The molecule has 1 aromatic heterocycles. The molecule has 2 aliphatic heterocycles. The molecule has 178 valence electrons. The number of fused-ring (bicyclic) bond motifs is 1. The van der Waals surface area contributed by atoms with E-state index >= 15 is 0 Å². The van der Waals surface area contributed by atoms with Crippen LogP contribution in [0.5, 0.6) is 0 Å². The lowest BCUT2D eigenvalue weighted by atomic mass is 9.99. The Morgan fingerprint density at radius 1 is 1.15 bits per heavy atom. The van der Waals surface area contributed by atoms with Gasteiger partial charge >= 0.3 is 6.03 Å². The minimum atomic E-state index is -0.0897. The van der Waals surface area contributed by atoms with Crippen molar-refractivity contribution >= 4 is 11.9 Å². The van der Waals surface area contributed by atoms with E-state index in [4.69, 9.17) is 9.26 Å². The van der Waals surface area contributed by atoms with Crippen molar-refractivity contribution in [1.29, 1.82) is 0 Å². The van der Waals surface area contributed by atoms with Crippen molar-refractivity contribution in [3.05, 3.63) is 71.3 Å². The first-order valence-corrected chi connectivity index (χ1v) is 12.2. The van der Waals surface area contributed by atoms with E-state index in [0.29, 0.717) is 19.6 Å². The molecule has 0 unspecified atom stereocenters. The van der Waals surface area contributed by atoms with Crippen molar-refractivity contribution in [2.24, 2.45) is 0 Å². The highest BCUT2D eigenvalue weighted by Gasteiger charge is 2.30. The summed E-state index contributed by atoms with van der Waals surface area (Å²) in [6.07, 6.45) is 3.02. The zero-order valence-electron chi connectivity index (χ0n) is 19.7. The fraction of sp³-hybridized carbons (Fsp3) is 0.407. The third kappa shape index (κ3) is 4.80. The van der Waals surface area contributed by atoms with E-state index in [1.807, 2.05) is 42.2 Å². The first kappa shape index (κ1) is 22.5. The Bertz CT molecular complexity index is 1110. The Hall–Kier alpha value is -3.32. The largest absolute Gasteiger partial charge is 0.376 e. The van der Waals surface area contributed by atoms with Gasteiger partial charge < -0.3 is 24.4 Å². The molecule has 1 atom stereocenters. The lowest BCUT2D eigenvalue weighted by Gasteiger charge is -2.30. The molecule has 3 aromatic rings. The van der Waals surface area contributed by atoms with Crippen molar-refractivity contribution in [2.45, 2.75) is 45.4 Å². The number of rotatable bonds is 7. The number of ether oxygens (including phenoxy) is 1. The van der Waals surface area contributed by atoms with Gasteiger partial charge in [-0.25, -0.2) is 4.79 Å². The minimum absolute atomic E-state index is 0.0629. The molecule has 1 N–H and O–H groups in total. The molecule has 7 nitrogen and oxygen atoms in total. The van der Waals surface area contributed by atoms with Crippen molar-refractivity contribution < 1.29 is 14.1 Å². The first-order valence-electron chi connectivity index (χ1n) is 12.2. The fourth-order valence-corrected chi connectivity index (χ4v) is 4.89. The van der Waals surface area contributed by atoms with Crippen LogP contribution >= 0.6 is 0 Å². The topological polar surface area (TPSA) is 70.8 Å². The summed E-state index contributed by atoms with van der Waals surface area (Å²) in [7, 11) is 0. The summed E-state index contributed by atoms with van der Waals surface area (Å²) >= 11 is 0. The average Bonchev–Trinajstić information content (AvgIpc) is 3.54. The second-order valence-electron chi connectivity index (χ2n) is 8.97. The molecule has 34 heavy (non-hydrogen) atoms. The molecule has 2 amide bonds. The van der Waals surface area contributed by atoms with Crippen LogP contribution in [0.1, 0.15) is 36.5 Å². The first-order chi connectivity index (χ1) is 16.7. The normalized spacial score (nSPS) is 17.4. The number of hydrogen-bond donors (Lipinski definition) is 1. The molecule has 7 heteroatoms. The van der Waals surface area contributed by atoms with Crippen LogP contribution < -0.4 is 10.2 Å². The van der Waals surface area contributed by atoms with E-state index in [2.05, 4.69) is 39.6 Å². The van der Waals surface area contributed by atoms with Gasteiger partial charge in [0, 0.05) is 38.3 Å². The Kier molecular flexibility index (Phi) is 6.81. The van der Waals surface area contributed by atoms with Gasteiger partial charge in [0.05, 0.1) is 18.2 Å². The van der Waals surface area contributed by atoms with Crippen LogP contribution in [0.15, 0.2) is 59.1 Å². The lowest BCUT2D eigenvalue weighted by molar-refractivity contribution is 0.0796. The van der Waals surface area contributed by atoms with Gasteiger partial charge in [-0.15, -0.1) is 0 Å². The molecule has 2 aliphatic rings. The monoisotopic (exact) mass is 460 g/mol. The Balaban J connectivity index is 1.49. The molecule has 1 fully saturated rings. The van der Waals surface area contributed by atoms with Crippen LogP contribution in [-0.4, -0.2) is 48.4 Å². The summed E-state index contributed by atoms with van der Waals surface area (Å²) < 4.78 is 11.9. The van der Waals surface area contributed by atoms with Gasteiger partial charge in [0.25, 0.3) is 0 Å². The fourth-order valence-electron chi connectivity index (χ4n) is 4.89. The number of anilines is 1. The van der Waals surface area contributed by atoms with Crippen LogP contribution in [0, 0.1) is 0 Å². The Labute approximate surface area is 200 Å². The number of nitrogens with zero attached hydrogens (tertiary/aromatic N) is 3. The molecule has 0 spiro atoms. The van der Waals surface area contributed by atoms with Crippen molar-refractivity contribution in [3.8, 4) is 11.3 Å². The quantitative estimate of drug-likeness (QED) is 0.557. The van der Waals surface area contributed by atoms with Crippen LogP contribution in [0.3, 0.4) is 0 Å². The third-order valence-electron chi connectivity index (χ3n) is 6.64. The number of nitrogens with one attached hydrogen (secondary N) is 1. The lowest BCUT2D eigenvalue weighted by Crippen LogP contribution is -2.43. The van der Waals surface area contributed by atoms with E-state index < -0.39 is 0 Å². The molecule has 5 rings (SSSR count). The SMILES string of the molecule is CCNC(=O)N(Cc1c(-c2ccccc2)noc1N1CCc2ccccc2C1)C[C@@H]1CCCO1. The highest BCUT2D eigenvalue weighted by Crippen LogP contribution is 2.35. The van der Waals surface area contributed by atoms with Gasteiger partial charge in [0.15, 0.2) is 0 Å². The maximum atomic E-state index is 13.1. The average molecular weight is 461 g/mol. The molecule has 2 aromatic carbocycles. The van der Waals surface area contributed by atoms with E-state index in [9.17, 15) is 4.79 Å². The van der Waals surface area contributed by atoms with Crippen LogP contribution in [0.4, 0.5) is 10.7 Å². The number of carbonyl (C=O) groups is 1. The highest BCUT2D eigenvalue weighted by atomic mass is 16.5. The van der Waals surface area contributed by atoms with Gasteiger partial charge in [-0.2, -0.15) is 0 Å². The number of aromatic nitrogens is 1. The third-order valence-corrected chi connectivity index (χ3v) is 6.64. The van der Waals surface area contributed by atoms with Crippen molar-refractivity contribution in [2.75, 3.05) is 31.1 Å². The van der Waals surface area contributed by atoms with Gasteiger partial charge in [0.2, 0.25) is 5.88 Å². The number of hydrogen-bond acceptors (Lipinski definition) is 5. The Morgan fingerprint density at radius 3 is 2.71 bits per heavy atom. The smallest absolute Gasteiger partial charge is 0.317 e. The number of carbonyl (C=O) groups excluding carboxylic acids is 1. The van der Waals surface area contributed by atoms with E-state index in [-0.39, 0.29) is 12.1 Å². The minimum Gasteiger partial charge on any atom is -0.376 e. The Morgan fingerprint density at radius 2 is 1.94 bits per heavy atom. The maximum Gasteiger partial charge on any atom is 0.317 e. The van der Waals surface area contributed by atoms with Crippen LogP contribution in [0.25, 0.3) is 11.3 Å². The van der Waals surface area contributed by atoms with Gasteiger partial charge in [-0.3, -0.25) is 0 Å². The molecule has 3 heterocycles. The van der Waals surface area contributed by atoms with Crippen molar-refractivity contribution in [1.82, 2.24) is 15.4 Å². The highest BCUT2D eigenvalue weighted by molar-refractivity contribution is 5.76. The zero-order valence-corrected chi connectivity index (χ0v) is 19.7. The van der Waals surface area contributed by atoms with Crippen LogP contribution in [0.2, 0.25) is 0 Å². The standard InChI is InChI=1S/C27H32N4O3/c1-2-28-27(32)31(18-23-13-8-16-33-23)19-24-25(21-10-4-3-5-11-21)29-34-26(24)30-15-14-20-9-6-7-12-22(20)17-30/h3-7,9-12,23H,2,8,13-19H2,1H3,(H,28,32)/t23-/m0/s1. The predicted octanol–water partition coefficient (Wildman–Crippen LogP) is 4.61. The molecule has 1 saturated heterocycles. The zero-order chi connectivity index (χ0) is 23.3. The maximum absolute atomic E-state index is 13.1. The van der Waals surface area contributed by atoms with E-state index in [1.165, 1.54) is 11.1 Å². The predicted molar refractivity (Wildman–Crippen MR) is 132 cm³/mol. The van der Waals surface area contributed by atoms with Gasteiger partial charge in [-0.05, 0) is 37.3 Å². The molecule has 0 saturated carbocycles. The van der Waals surface area contributed by atoms with Crippen LogP contribution in [-0.2, 0) is 24.2 Å². The number of benzene rings is 2. The molecule has 0 aliphatic carbocycles. The number of urea groups is 1. The number of amides is 2. The molecular formula is C27H32N4O3. The summed E-state index contributed by atoms with van der Waals surface area (Å²) in [6, 6.07) is 18.5. The van der Waals surface area contributed by atoms with Crippen molar-refractivity contribution in [3.63, 3.8) is 0 Å². The molecular weight excluding hydrogens is 428 g/mol. The summed E-state index contributed by atoms with van der Waals surface area (Å²) in [4.78, 5) is 17.1. The summed E-state index contributed by atoms with van der Waals surface area (Å²) in [5.74, 6) is 0.745. The molecule has 0 bridgehead atoms. The summed E-state index contributed by atoms with van der Waals surface area (Å²) in [5, 5.41) is 7.47. The summed E-state index contributed by atoms with van der Waals surface area (Å²) in [6.45, 7) is 5.84. The second-order valence-corrected chi connectivity index (χ2v) is 8.97.